The van der Waals surface area contributed by atoms with E-state index in [0.717, 1.165) is 19.5 Å². The van der Waals surface area contributed by atoms with E-state index in [-0.39, 0.29) is 0 Å². The van der Waals surface area contributed by atoms with Gasteiger partial charge >= 0.3 is 6.01 Å². The van der Waals surface area contributed by atoms with Crippen molar-refractivity contribution in [3.05, 3.63) is 24.4 Å². The Balaban J connectivity index is 1.56. The summed E-state index contributed by atoms with van der Waals surface area (Å²) >= 11 is 0. The Morgan fingerprint density at radius 1 is 1.44 bits per heavy atom. The van der Waals surface area contributed by atoms with Gasteiger partial charge in [-0.3, -0.25) is 4.68 Å². The van der Waals surface area contributed by atoms with E-state index in [2.05, 4.69) is 20.6 Å². The first kappa shape index (κ1) is 11.3. The van der Waals surface area contributed by atoms with Crippen molar-refractivity contribution in [1.82, 2.24) is 20.0 Å². The van der Waals surface area contributed by atoms with E-state index in [1.54, 1.807) is 0 Å². The van der Waals surface area contributed by atoms with Gasteiger partial charge in [0.05, 0.1) is 0 Å². The highest BCUT2D eigenvalue weighted by Crippen LogP contribution is 2.46. The summed E-state index contributed by atoms with van der Waals surface area (Å²) in [6.45, 7) is 3.80. The van der Waals surface area contributed by atoms with Crippen molar-refractivity contribution in [2.75, 3.05) is 11.9 Å². The zero-order chi connectivity index (χ0) is 12.4. The lowest BCUT2D eigenvalue weighted by atomic mass is 10.1. The van der Waals surface area contributed by atoms with Crippen LogP contribution >= 0.6 is 0 Å². The molecule has 0 radical (unpaired) electrons. The molecule has 0 aromatic carbocycles. The minimum Gasteiger partial charge on any atom is -0.408 e. The first-order valence-corrected chi connectivity index (χ1v) is 6.33. The van der Waals surface area contributed by atoms with Crippen LogP contribution in [0, 0.1) is 5.41 Å². The maximum atomic E-state index is 5.44. The van der Waals surface area contributed by atoms with Crippen LogP contribution in [0.4, 0.5) is 6.01 Å². The molecule has 6 heteroatoms. The zero-order valence-corrected chi connectivity index (χ0v) is 10.5. The van der Waals surface area contributed by atoms with Crippen LogP contribution in [0.5, 0.6) is 0 Å². The van der Waals surface area contributed by atoms with E-state index < -0.39 is 0 Å². The molecule has 0 aliphatic heterocycles. The molecule has 3 rings (SSSR count). The van der Waals surface area contributed by atoms with Gasteiger partial charge in [0, 0.05) is 37.3 Å². The minimum absolute atomic E-state index is 0.298. The molecule has 1 saturated carbocycles. The number of hydrogen-bond donors (Lipinski definition) is 1. The fourth-order valence-corrected chi connectivity index (χ4v) is 2.04. The van der Waals surface area contributed by atoms with Crippen molar-refractivity contribution >= 4 is 6.01 Å². The predicted molar refractivity (Wildman–Crippen MR) is 66.1 cm³/mol. The Bertz CT molecular complexity index is 500. The summed E-state index contributed by atoms with van der Waals surface area (Å²) in [5.74, 6) is 0.675. The van der Waals surface area contributed by atoms with Crippen LogP contribution in [-0.2, 0) is 13.0 Å². The normalized spacial score (nSPS) is 16.7. The SMILES string of the molecule is CCc1nnc(NCC2(Cn3cccn3)CC2)o1. The topological polar surface area (TPSA) is 68.8 Å². The molecule has 1 fully saturated rings. The van der Waals surface area contributed by atoms with Gasteiger partial charge in [-0.2, -0.15) is 5.10 Å². The quantitative estimate of drug-likeness (QED) is 0.841. The van der Waals surface area contributed by atoms with E-state index in [0.29, 0.717) is 17.3 Å². The van der Waals surface area contributed by atoms with Crippen LogP contribution in [0.3, 0.4) is 0 Å². The lowest BCUT2D eigenvalue weighted by Gasteiger charge is -2.14. The van der Waals surface area contributed by atoms with Gasteiger partial charge in [-0.15, -0.1) is 5.10 Å². The largest absolute Gasteiger partial charge is 0.408 e. The predicted octanol–water partition coefficient (Wildman–Crippen LogP) is 1.72. The molecule has 2 heterocycles. The van der Waals surface area contributed by atoms with E-state index in [1.165, 1.54) is 12.8 Å². The van der Waals surface area contributed by atoms with Crippen LogP contribution in [0.1, 0.15) is 25.7 Å². The van der Waals surface area contributed by atoms with E-state index >= 15 is 0 Å². The van der Waals surface area contributed by atoms with Crippen molar-refractivity contribution in [3.8, 4) is 0 Å². The maximum Gasteiger partial charge on any atom is 0.315 e. The first-order valence-electron chi connectivity index (χ1n) is 6.33. The number of hydrogen-bond acceptors (Lipinski definition) is 5. The fraction of sp³-hybridized carbons (Fsp3) is 0.583. The zero-order valence-electron chi connectivity index (χ0n) is 10.5. The molecule has 1 aliphatic rings. The molecule has 96 valence electrons. The summed E-state index contributed by atoms with van der Waals surface area (Å²) in [5.41, 5.74) is 0.298. The molecule has 0 amide bonds. The van der Waals surface area contributed by atoms with Gasteiger partial charge in [0.1, 0.15) is 0 Å². The fourth-order valence-electron chi connectivity index (χ4n) is 2.04. The van der Waals surface area contributed by atoms with Crippen molar-refractivity contribution in [3.63, 3.8) is 0 Å². The van der Waals surface area contributed by atoms with Crippen molar-refractivity contribution in [1.29, 1.82) is 0 Å². The highest BCUT2D eigenvalue weighted by molar-refractivity contribution is 5.19. The lowest BCUT2D eigenvalue weighted by molar-refractivity contribution is 0.410. The molecule has 0 atom stereocenters. The summed E-state index contributed by atoms with van der Waals surface area (Å²) in [4.78, 5) is 0. The Morgan fingerprint density at radius 3 is 2.94 bits per heavy atom. The molecule has 0 spiro atoms. The van der Waals surface area contributed by atoms with Gasteiger partial charge in [-0.05, 0) is 18.9 Å². The second-order valence-corrected chi connectivity index (χ2v) is 4.91. The third kappa shape index (κ3) is 2.37. The molecule has 1 aliphatic carbocycles. The molecule has 0 unspecified atom stereocenters. The third-order valence-corrected chi connectivity index (χ3v) is 3.40. The van der Waals surface area contributed by atoms with Gasteiger partial charge in [0.2, 0.25) is 5.89 Å². The average Bonchev–Trinajstić information content (AvgIpc) is 2.84. The number of aromatic nitrogens is 4. The number of rotatable bonds is 6. The summed E-state index contributed by atoms with van der Waals surface area (Å²) in [6, 6.07) is 2.48. The van der Waals surface area contributed by atoms with Gasteiger partial charge in [0.15, 0.2) is 0 Å². The smallest absolute Gasteiger partial charge is 0.315 e. The molecule has 6 nitrogen and oxygen atoms in total. The summed E-state index contributed by atoms with van der Waals surface area (Å²) in [6.07, 6.45) is 7.02. The molecule has 18 heavy (non-hydrogen) atoms. The third-order valence-electron chi connectivity index (χ3n) is 3.40. The Hall–Kier alpha value is -1.85. The lowest BCUT2D eigenvalue weighted by Crippen LogP contribution is -2.21. The van der Waals surface area contributed by atoms with Gasteiger partial charge in [-0.1, -0.05) is 12.0 Å². The number of nitrogens with one attached hydrogen (secondary N) is 1. The second kappa shape index (κ2) is 4.44. The second-order valence-electron chi connectivity index (χ2n) is 4.91. The molecule has 0 saturated heterocycles. The van der Waals surface area contributed by atoms with Crippen molar-refractivity contribution in [2.24, 2.45) is 5.41 Å². The van der Waals surface area contributed by atoms with Crippen molar-refractivity contribution < 1.29 is 4.42 Å². The number of aryl methyl sites for hydroxylation is 1. The van der Waals surface area contributed by atoms with Crippen LogP contribution in [0.15, 0.2) is 22.9 Å². The molecular formula is C12H17N5O. The molecule has 1 N–H and O–H groups in total. The molecule has 2 aromatic heterocycles. The average molecular weight is 247 g/mol. The van der Waals surface area contributed by atoms with E-state index in [4.69, 9.17) is 4.42 Å². The highest BCUT2D eigenvalue weighted by atomic mass is 16.4. The minimum atomic E-state index is 0.298. The van der Waals surface area contributed by atoms with Crippen LogP contribution in [-0.4, -0.2) is 26.5 Å². The Kier molecular flexibility index (Phi) is 2.77. The Morgan fingerprint density at radius 2 is 2.33 bits per heavy atom. The van der Waals surface area contributed by atoms with E-state index in [9.17, 15) is 0 Å². The molecule has 2 aromatic rings. The molecule has 0 bridgehead atoms. The summed E-state index contributed by atoms with van der Waals surface area (Å²) < 4.78 is 7.42. The summed E-state index contributed by atoms with van der Waals surface area (Å²) in [7, 11) is 0. The van der Waals surface area contributed by atoms with Crippen LogP contribution in [0.2, 0.25) is 0 Å². The van der Waals surface area contributed by atoms with Gasteiger partial charge < -0.3 is 9.73 Å². The van der Waals surface area contributed by atoms with E-state index in [1.807, 2.05) is 30.1 Å². The van der Waals surface area contributed by atoms with Gasteiger partial charge in [-0.25, -0.2) is 0 Å². The highest BCUT2D eigenvalue weighted by Gasteiger charge is 2.43. The number of nitrogens with zero attached hydrogens (tertiary/aromatic N) is 4. The van der Waals surface area contributed by atoms with Crippen LogP contribution < -0.4 is 5.32 Å². The number of anilines is 1. The van der Waals surface area contributed by atoms with Crippen LogP contribution in [0.25, 0.3) is 0 Å². The molecular weight excluding hydrogens is 230 g/mol. The first-order chi connectivity index (χ1) is 8.80. The Labute approximate surface area is 105 Å². The standard InChI is InChI=1S/C12H17N5O/c1-2-10-15-16-11(18-10)13-8-12(4-5-12)9-17-7-3-6-14-17/h3,6-7H,2,4-5,8-9H2,1H3,(H,13,16). The van der Waals surface area contributed by atoms with Crippen molar-refractivity contribution in [2.45, 2.75) is 32.7 Å². The summed E-state index contributed by atoms with van der Waals surface area (Å²) in [5, 5.41) is 15.4. The van der Waals surface area contributed by atoms with Gasteiger partial charge in [0.25, 0.3) is 0 Å². The monoisotopic (exact) mass is 247 g/mol. The maximum absolute atomic E-state index is 5.44.